The first kappa shape index (κ1) is 12.9. The molecule has 0 unspecified atom stereocenters. The van der Waals surface area contributed by atoms with Gasteiger partial charge in [-0.05, 0) is 60.2 Å². The van der Waals surface area contributed by atoms with E-state index in [4.69, 9.17) is 4.52 Å². The van der Waals surface area contributed by atoms with Crippen LogP contribution < -0.4 is 0 Å². The second kappa shape index (κ2) is 5.45. The minimum atomic E-state index is 0.824. The van der Waals surface area contributed by atoms with Crippen LogP contribution in [0.3, 0.4) is 0 Å². The number of aromatic nitrogens is 2. The van der Waals surface area contributed by atoms with E-state index in [1.54, 1.807) is 12.1 Å². The summed E-state index contributed by atoms with van der Waals surface area (Å²) in [5.41, 5.74) is 3.04. The molecule has 99 valence electrons. The monoisotopic (exact) mass is 319 g/mol. The summed E-state index contributed by atoms with van der Waals surface area (Å²) in [6, 6.07) is 3.94. The molecule has 4 heteroatoms. The number of hydrogen-bond acceptors (Lipinski definition) is 3. The lowest BCUT2D eigenvalue weighted by Crippen LogP contribution is -1.99. The van der Waals surface area contributed by atoms with Crippen LogP contribution in [0.4, 0.5) is 0 Å². The molecule has 2 aromatic heterocycles. The smallest absolute Gasteiger partial charge is 0.188 e. The van der Waals surface area contributed by atoms with Gasteiger partial charge in [0, 0.05) is 16.2 Å². The van der Waals surface area contributed by atoms with Crippen LogP contribution >= 0.6 is 15.9 Å². The van der Waals surface area contributed by atoms with E-state index in [1.807, 2.05) is 19.1 Å². The Hall–Kier alpha value is -1.16. The summed E-state index contributed by atoms with van der Waals surface area (Å²) in [5.74, 6) is 2.44. The normalized spacial score (nSPS) is 16.1. The standard InChI is InChI=1S/C15H16BrN2O/c1-10-13(8-11-4-2-3-5-11)15(19-18-10)14-7-6-12(16)9-17-14/h6-7,9H,2-5,8H2,1H3. The Morgan fingerprint density at radius 2 is 2.05 bits per heavy atom. The van der Waals surface area contributed by atoms with Gasteiger partial charge in [0.25, 0.3) is 0 Å². The topological polar surface area (TPSA) is 38.9 Å². The molecule has 1 fully saturated rings. The molecule has 0 N–H and O–H groups in total. The van der Waals surface area contributed by atoms with Crippen LogP contribution in [0.25, 0.3) is 11.5 Å². The van der Waals surface area contributed by atoms with E-state index in [9.17, 15) is 0 Å². The molecule has 1 aliphatic carbocycles. The zero-order valence-electron chi connectivity index (χ0n) is 10.9. The highest BCUT2D eigenvalue weighted by atomic mass is 79.9. The first-order valence-corrected chi connectivity index (χ1v) is 7.44. The van der Waals surface area contributed by atoms with Crippen molar-refractivity contribution in [2.24, 2.45) is 0 Å². The summed E-state index contributed by atoms with van der Waals surface area (Å²) in [5, 5.41) is 4.12. The van der Waals surface area contributed by atoms with Crippen molar-refractivity contribution < 1.29 is 4.52 Å². The van der Waals surface area contributed by atoms with E-state index in [-0.39, 0.29) is 0 Å². The van der Waals surface area contributed by atoms with Gasteiger partial charge >= 0.3 is 0 Å². The quantitative estimate of drug-likeness (QED) is 0.836. The molecule has 0 spiro atoms. The molecule has 2 aromatic rings. The molecule has 0 amide bonds. The molecule has 3 nitrogen and oxygen atoms in total. The average Bonchev–Trinajstić information content (AvgIpc) is 3.03. The molecular formula is C15H16BrN2O. The number of pyridine rings is 1. The molecule has 0 bridgehead atoms. The van der Waals surface area contributed by atoms with Gasteiger partial charge in [0.15, 0.2) is 5.76 Å². The summed E-state index contributed by atoms with van der Waals surface area (Å²) in [7, 11) is 0. The van der Waals surface area contributed by atoms with Gasteiger partial charge in [-0.3, -0.25) is 4.98 Å². The fourth-order valence-corrected chi connectivity index (χ4v) is 2.84. The fraction of sp³-hybridized carbons (Fsp3) is 0.400. The van der Waals surface area contributed by atoms with Crippen molar-refractivity contribution in [3.05, 3.63) is 40.0 Å². The number of halogens is 1. The maximum atomic E-state index is 5.49. The zero-order valence-corrected chi connectivity index (χ0v) is 12.5. The average molecular weight is 320 g/mol. The van der Waals surface area contributed by atoms with Crippen molar-refractivity contribution in [3.63, 3.8) is 0 Å². The summed E-state index contributed by atoms with van der Waals surface area (Å²) >= 11 is 3.40. The molecule has 19 heavy (non-hydrogen) atoms. The van der Waals surface area contributed by atoms with Crippen molar-refractivity contribution in [2.75, 3.05) is 0 Å². The van der Waals surface area contributed by atoms with E-state index in [2.05, 4.69) is 26.1 Å². The van der Waals surface area contributed by atoms with E-state index in [1.165, 1.54) is 31.2 Å². The lowest BCUT2D eigenvalue weighted by Gasteiger charge is -2.08. The predicted octanol–water partition coefficient (Wildman–Crippen LogP) is 4.50. The Balaban J connectivity index is 1.91. The molecule has 1 aliphatic rings. The van der Waals surface area contributed by atoms with Gasteiger partial charge in [-0.15, -0.1) is 0 Å². The maximum Gasteiger partial charge on any atom is 0.188 e. The molecular weight excluding hydrogens is 304 g/mol. The van der Waals surface area contributed by atoms with Gasteiger partial charge in [0.1, 0.15) is 5.69 Å². The Morgan fingerprint density at radius 1 is 1.26 bits per heavy atom. The van der Waals surface area contributed by atoms with Gasteiger partial charge in [0.05, 0.1) is 5.69 Å². The van der Waals surface area contributed by atoms with E-state index in [0.29, 0.717) is 0 Å². The van der Waals surface area contributed by atoms with Gasteiger partial charge in [-0.25, -0.2) is 0 Å². The SMILES string of the molecule is Cc1noc(-c2ccc(Br)cn2)c1C[C]1CCCC1. The minimum Gasteiger partial charge on any atom is -0.354 e. The summed E-state index contributed by atoms with van der Waals surface area (Å²) < 4.78 is 6.46. The third-order valence-corrected chi connectivity index (χ3v) is 4.15. The molecule has 0 atom stereocenters. The highest BCUT2D eigenvalue weighted by Crippen LogP contribution is 2.34. The number of nitrogens with zero attached hydrogens (tertiary/aromatic N) is 2. The second-order valence-corrected chi connectivity index (χ2v) is 5.99. The Labute approximate surface area is 121 Å². The zero-order chi connectivity index (χ0) is 13.2. The predicted molar refractivity (Wildman–Crippen MR) is 77.6 cm³/mol. The largest absolute Gasteiger partial charge is 0.354 e. The molecule has 3 rings (SSSR count). The van der Waals surface area contributed by atoms with Crippen molar-refractivity contribution in [1.82, 2.24) is 10.1 Å². The molecule has 1 saturated carbocycles. The van der Waals surface area contributed by atoms with E-state index < -0.39 is 0 Å². The first-order chi connectivity index (χ1) is 9.24. The van der Waals surface area contributed by atoms with Crippen LogP contribution in [-0.4, -0.2) is 10.1 Å². The van der Waals surface area contributed by atoms with Crippen molar-refractivity contribution in [1.29, 1.82) is 0 Å². The van der Waals surface area contributed by atoms with Crippen LogP contribution in [0.2, 0.25) is 0 Å². The lowest BCUT2D eigenvalue weighted by atomic mass is 9.96. The van der Waals surface area contributed by atoms with E-state index >= 15 is 0 Å². The molecule has 0 aliphatic heterocycles. The maximum absolute atomic E-state index is 5.49. The molecule has 1 radical (unpaired) electrons. The lowest BCUT2D eigenvalue weighted by molar-refractivity contribution is 0.425. The van der Waals surface area contributed by atoms with Crippen LogP contribution in [0, 0.1) is 12.8 Å². The van der Waals surface area contributed by atoms with Crippen molar-refractivity contribution in [2.45, 2.75) is 39.0 Å². The fourth-order valence-electron chi connectivity index (χ4n) is 2.61. The second-order valence-electron chi connectivity index (χ2n) is 5.07. The summed E-state index contributed by atoms with van der Waals surface area (Å²) in [6.45, 7) is 2.01. The van der Waals surface area contributed by atoms with Gasteiger partial charge in [-0.2, -0.15) is 0 Å². The van der Waals surface area contributed by atoms with Crippen LogP contribution in [0.15, 0.2) is 27.3 Å². The van der Waals surface area contributed by atoms with Crippen molar-refractivity contribution >= 4 is 15.9 Å². The molecule has 2 heterocycles. The number of hydrogen-bond donors (Lipinski definition) is 0. The minimum absolute atomic E-state index is 0.824. The third-order valence-electron chi connectivity index (χ3n) is 3.68. The summed E-state index contributed by atoms with van der Waals surface area (Å²) in [4.78, 5) is 4.41. The third kappa shape index (κ3) is 2.73. The first-order valence-electron chi connectivity index (χ1n) is 6.64. The summed E-state index contributed by atoms with van der Waals surface area (Å²) in [6.07, 6.45) is 7.93. The molecule has 0 saturated heterocycles. The van der Waals surface area contributed by atoms with E-state index in [0.717, 1.165) is 28.0 Å². The Morgan fingerprint density at radius 3 is 2.74 bits per heavy atom. The van der Waals surface area contributed by atoms with Crippen LogP contribution in [0.5, 0.6) is 0 Å². The Bertz CT molecular complexity index is 556. The highest BCUT2D eigenvalue weighted by Gasteiger charge is 2.22. The van der Waals surface area contributed by atoms with Crippen LogP contribution in [-0.2, 0) is 6.42 Å². The number of aryl methyl sites for hydroxylation is 1. The van der Waals surface area contributed by atoms with Gasteiger partial charge < -0.3 is 4.52 Å². The number of rotatable bonds is 3. The molecule has 0 aromatic carbocycles. The van der Waals surface area contributed by atoms with Crippen LogP contribution in [0.1, 0.15) is 36.9 Å². The van der Waals surface area contributed by atoms with Crippen molar-refractivity contribution in [3.8, 4) is 11.5 Å². The van der Waals surface area contributed by atoms with Gasteiger partial charge in [-0.1, -0.05) is 18.0 Å². The highest BCUT2D eigenvalue weighted by molar-refractivity contribution is 9.10. The Kier molecular flexibility index (Phi) is 3.69. The van der Waals surface area contributed by atoms with Gasteiger partial charge in [0.2, 0.25) is 0 Å².